The number of carboxylic acids is 1. The minimum atomic E-state index is -1.05. The molecule has 0 aromatic rings. The highest BCUT2D eigenvalue weighted by atomic mass is 16.5. The Kier molecular flexibility index (Phi) is 4.45. The van der Waals surface area contributed by atoms with Gasteiger partial charge in [0.1, 0.15) is 0 Å². The van der Waals surface area contributed by atoms with E-state index in [0.717, 1.165) is 6.08 Å². The number of rotatable bonds is 3. The second-order valence-electron chi connectivity index (χ2n) is 2.08. The van der Waals surface area contributed by atoms with Crippen LogP contribution < -0.4 is 0 Å². The molecule has 4 nitrogen and oxygen atoms in total. The SMILES string of the molecule is COC(=O)/C=C(C)/C=C/C(=O)O. The van der Waals surface area contributed by atoms with Crippen molar-refractivity contribution in [2.75, 3.05) is 7.11 Å². The number of carbonyl (C=O) groups is 2. The van der Waals surface area contributed by atoms with Crippen LogP contribution in [0.5, 0.6) is 0 Å². The molecule has 0 spiro atoms. The van der Waals surface area contributed by atoms with Crippen LogP contribution in [0.25, 0.3) is 0 Å². The number of methoxy groups -OCH3 is 1. The molecule has 0 bridgehead atoms. The second-order valence-corrected chi connectivity index (χ2v) is 2.08. The lowest BCUT2D eigenvalue weighted by atomic mass is 10.2. The largest absolute Gasteiger partial charge is 0.478 e. The molecule has 4 heteroatoms. The average molecular weight is 170 g/mol. The second kappa shape index (κ2) is 5.12. The molecular weight excluding hydrogens is 160 g/mol. The summed E-state index contributed by atoms with van der Waals surface area (Å²) < 4.78 is 4.33. The molecule has 0 amide bonds. The van der Waals surface area contributed by atoms with E-state index in [0.29, 0.717) is 5.57 Å². The van der Waals surface area contributed by atoms with E-state index >= 15 is 0 Å². The predicted octanol–water partition coefficient (Wildman–Crippen LogP) is 0.746. The van der Waals surface area contributed by atoms with Gasteiger partial charge in [-0.3, -0.25) is 0 Å². The molecule has 0 rings (SSSR count). The normalized spacial score (nSPS) is 11.7. The minimum absolute atomic E-state index is 0.498. The van der Waals surface area contributed by atoms with Gasteiger partial charge < -0.3 is 9.84 Å². The smallest absolute Gasteiger partial charge is 0.330 e. The molecule has 0 radical (unpaired) electrons. The Morgan fingerprint density at radius 3 is 2.33 bits per heavy atom. The molecule has 0 atom stereocenters. The molecule has 0 saturated heterocycles. The molecule has 0 aromatic heterocycles. The van der Waals surface area contributed by atoms with Crippen molar-refractivity contribution in [3.8, 4) is 0 Å². The van der Waals surface area contributed by atoms with E-state index in [-0.39, 0.29) is 0 Å². The third kappa shape index (κ3) is 5.22. The first-order chi connectivity index (χ1) is 5.56. The number of carbonyl (C=O) groups excluding carboxylic acids is 1. The maximum Gasteiger partial charge on any atom is 0.330 e. The van der Waals surface area contributed by atoms with Gasteiger partial charge in [-0.05, 0) is 12.5 Å². The zero-order valence-electron chi connectivity index (χ0n) is 6.90. The van der Waals surface area contributed by atoms with Crippen molar-refractivity contribution in [3.05, 3.63) is 23.8 Å². The van der Waals surface area contributed by atoms with Crippen molar-refractivity contribution in [1.29, 1.82) is 0 Å². The van der Waals surface area contributed by atoms with Crippen LogP contribution in [0.15, 0.2) is 23.8 Å². The summed E-state index contributed by atoms with van der Waals surface area (Å²) >= 11 is 0. The van der Waals surface area contributed by atoms with Crippen molar-refractivity contribution < 1.29 is 19.4 Å². The molecule has 66 valence electrons. The van der Waals surface area contributed by atoms with Gasteiger partial charge in [0.05, 0.1) is 7.11 Å². The summed E-state index contributed by atoms with van der Waals surface area (Å²) in [5.41, 5.74) is 0.532. The molecule has 0 aliphatic carbocycles. The van der Waals surface area contributed by atoms with Gasteiger partial charge in [0.2, 0.25) is 0 Å². The van der Waals surface area contributed by atoms with E-state index in [1.54, 1.807) is 6.92 Å². The molecule has 1 N–H and O–H groups in total. The molecule has 0 heterocycles. The van der Waals surface area contributed by atoms with Gasteiger partial charge in [-0.1, -0.05) is 6.08 Å². The van der Waals surface area contributed by atoms with Crippen LogP contribution in [0.3, 0.4) is 0 Å². The average Bonchev–Trinajstić information content (AvgIpc) is 2.00. The summed E-state index contributed by atoms with van der Waals surface area (Å²) in [7, 11) is 1.26. The van der Waals surface area contributed by atoms with Crippen molar-refractivity contribution in [3.63, 3.8) is 0 Å². The minimum Gasteiger partial charge on any atom is -0.478 e. The summed E-state index contributed by atoms with van der Waals surface area (Å²) in [5.74, 6) is -1.55. The number of esters is 1. The van der Waals surface area contributed by atoms with E-state index in [2.05, 4.69) is 4.74 Å². The Labute approximate surface area is 70.1 Å². The van der Waals surface area contributed by atoms with Crippen molar-refractivity contribution in [2.24, 2.45) is 0 Å². The first-order valence-electron chi connectivity index (χ1n) is 3.23. The number of aliphatic carboxylic acids is 1. The number of ether oxygens (including phenoxy) is 1. The molecule has 0 saturated carbocycles. The topological polar surface area (TPSA) is 63.6 Å². The lowest BCUT2D eigenvalue weighted by Crippen LogP contribution is -1.95. The van der Waals surface area contributed by atoms with Gasteiger partial charge in [-0.25, -0.2) is 9.59 Å². The van der Waals surface area contributed by atoms with Gasteiger partial charge in [-0.2, -0.15) is 0 Å². The zero-order chi connectivity index (χ0) is 9.56. The van der Waals surface area contributed by atoms with E-state index in [1.807, 2.05) is 0 Å². The first-order valence-corrected chi connectivity index (χ1v) is 3.23. The lowest BCUT2D eigenvalue weighted by molar-refractivity contribution is -0.135. The Hall–Kier alpha value is -1.58. The van der Waals surface area contributed by atoms with E-state index in [1.165, 1.54) is 19.3 Å². The van der Waals surface area contributed by atoms with Gasteiger partial charge in [-0.15, -0.1) is 0 Å². The van der Waals surface area contributed by atoms with Gasteiger partial charge in [0.15, 0.2) is 0 Å². The summed E-state index contributed by atoms with van der Waals surface area (Å²) in [6.45, 7) is 1.61. The van der Waals surface area contributed by atoms with Crippen LogP contribution in [0, 0.1) is 0 Å². The van der Waals surface area contributed by atoms with Crippen LogP contribution in [-0.2, 0) is 14.3 Å². The highest BCUT2D eigenvalue weighted by Crippen LogP contribution is 1.95. The maximum absolute atomic E-state index is 10.6. The van der Waals surface area contributed by atoms with Crippen molar-refractivity contribution in [1.82, 2.24) is 0 Å². The molecule has 0 aliphatic heterocycles. The Bertz CT molecular complexity index is 237. The lowest BCUT2D eigenvalue weighted by Gasteiger charge is -1.91. The molecule has 0 aromatic carbocycles. The number of allylic oxidation sites excluding steroid dienone is 2. The van der Waals surface area contributed by atoms with Gasteiger partial charge in [0.25, 0.3) is 0 Å². The third-order valence-corrected chi connectivity index (χ3v) is 1.04. The molecule has 12 heavy (non-hydrogen) atoms. The summed E-state index contributed by atoms with van der Waals surface area (Å²) in [6, 6.07) is 0. The van der Waals surface area contributed by atoms with Crippen LogP contribution >= 0.6 is 0 Å². The number of hydrogen-bond donors (Lipinski definition) is 1. The fourth-order valence-electron chi connectivity index (χ4n) is 0.496. The Morgan fingerprint density at radius 1 is 1.33 bits per heavy atom. The van der Waals surface area contributed by atoms with Gasteiger partial charge in [0, 0.05) is 12.2 Å². The van der Waals surface area contributed by atoms with E-state index in [4.69, 9.17) is 5.11 Å². The fourth-order valence-corrected chi connectivity index (χ4v) is 0.496. The summed E-state index contributed by atoms with van der Waals surface area (Å²) in [4.78, 5) is 20.6. The van der Waals surface area contributed by atoms with Crippen LogP contribution in [-0.4, -0.2) is 24.2 Å². The summed E-state index contributed by atoms with van der Waals surface area (Å²) in [6.07, 6.45) is 3.48. The Balaban J connectivity index is 4.20. The van der Waals surface area contributed by atoms with Crippen molar-refractivity contribution >= 4 is 11.9 Å². The third-order valence-electron chi connectivity index (χ3n) is 1.04. The number of hydrogen-bond acceptors (Lipinski definition) is 3. The molecular formula is C8H10O4. The molecule has 0 aliphatic rings. The van der Waals surface area contributed by atoms with Crippen LogP contribution in [0.1, 0.15) is 6.92 Å². The van der Waals surface area contributed by atoms with Crippen LogP contribution in [0.4, 0.5) is 0 Å². The maximum atomic E-state index is 10.6. The van der Waals surface area contributed by atoms with Gasteiger partial charge >= 0.3 is 11.9 Å². The first kappa shape index (κ1) is 10.4. The molecule has 0 fully saturated rings. The zero-order valence-corrected chi connectivity index (χ0v) is 6.90. The molecule has 0 unspecified atom stereocenters. The monoisotopic (exact) mass is 170 g/mol. The number of carboxylic acid groups (broad SMARTS) is 1. The van der Waals surface area contributed by atoms with E-state index in [9.17, 15) is 9.59 Å². The predicted molar refractivity (Wildman–Crippen MR) is 42.5 cm³/mol. The fraction of sp³-hybridized carbons (Fsp3) is 0.250. The quantitative estimate of drug-likeness (QED) is 0.385. The standard InChI is InChI=1S/C8H10O4/c1-6(3-4-7(9)10)5-8(11)12-2/h3-5H,1-2H3,(H,9,10)/b4-3+,6-5+. The van der Waals surface area contributed by atoms with E-state index < -0.39 is 11.9 Å². The highest BCUT2D eigenvalue weighted by molar-refractivity contribution is 5.84. The summed E-state index contributed by atoms with van der Waals surface area (Å²) in [5, 5.41) is 8.22. The van der Waals surface area contributed by atoms with Crippen LogP contribution in [0.2, 0.25) is 0 Å². The Morgan fingerprint density at radius 2 is 1.92 bits per heavy atom. The highest BCUT2D eigenvalue weighted by Gasteiger charge is 1.93. The van der Waals surface area contributed by atoms with Crippen molar-refractivity contribution in [2.45, 2.75) is 6.92 Å².